The van der Waals surface area contributed by atoms with Gasteiger partial charge < -0.3 is 14.8 Å². The van der Waals surface area contributed by atoms with Crippen LogP contribution in [-0.2, 0) is 4.79 Å². The lowest BCUT2D eigenvalue weighted by Gasteiger charge is -2.04. The average Bonchev–Trinajstić information content (AvgIpc) is 3.16. The van der Waals surface area contributed by atoms with Crippen LogP contribution in [0.2, 0.25) is 10.0 Å². The zero-order valence-corrected chi connectivity index (χ0v) is 16.2. The molecule has 0 aliphatic rings. The number of hydrogen-bond acceptors (Lipinski definition) is 4. The largest absolute Gasteiger partial charge is 0.478 e. The van der Waals surface area contributed by atoms with Crippen LogP contribution in [0.3, 0.4) is 0 Å². The lowest BCUT2D eigenvalue weighted by atomic mass is 10.1. The van der Waals surface area contributed by atoms with E-state index in [1.54, 1.807) is 42.5 Å². The first-order valence-electron chi connectivity index (χ1n) is 8.19. The van der Waals surface area contributed by atoms with E-state index in [0.717, 1.165) is 0 Å². The van der Waals surface area contributed by atoms with E-state index < -0.39 is 11.9 Å². The molecule has 8 heteroatoms. The third-order valence-electron chi connectivity index (χ3n) is 3.86. The highest BCUT2D eigenvalue weighted by molar-refractivity contribution is 6.33. The van der Waals surface area contributed by atoms with Crippen LogP contribution in [-0.4, -0.2) is 17.0 Å². The predicted molar refractivity (Wildman–Crippen MR) is 110 cm³/mol. The van der Waals surface area contributed by atoms with E-state index in [9.17, 15) is 20.0 Å². The minimum absolute atomic E-state index is 0.0577. The van der Waals surface area contributed by atoms with Crippen molar-refractivity contribution < 1.29 is 19.1 Å². The molecule has 6 nitrogen and oxygen atoms in total. The highest BCUT2D eigenvalue weighted by Gasteiger charge is 2.14. The van der Waals surface area contributed by atoms with Crippen molar-refractivity contribution in [3.05, 3.63) is 81.5 Å². The van der Waals surface area contributed by atoms with Gasteiger partial charge in [0, 0.05) is 22.3 Å². The maximum absolute atomic E-state index is 12.3. The second-order valence-electron chi connectivity index (χ2n) is 5.83. The molecule has 0 saturated carbocycles. The summed E-state index contributed by atoms with van der Waals surface area (Å²) in [6, 6.07) is 15.9. The number of anilines is 1. The SMILES string of the molecule is N#CC(=Cc1ccc(-c2ccc(Cl)c(C(=O)O)c2)o1)C(=O)Nc1ccc(Cl)cc1. The molecule has 0 saturated heterocycles. The van der Waals surface area contributed by atoms with Crippen LogP contribution >= 0.6 is 23.2 Å². The quantitative estimate of drug-likeness (QED) is 0.414. The second kappa shape index (κ2) is 8.65. The van der Waals surface area contributed by atoms with Crippen molar-refractivity contribution in [2.45, 2.75) is 0 Å². The van der Waals surface area contributed by atoms with Crippen LogP contribution in [0.4, 0.5) is 5.69 Å². The summed E-state index contributed by atoms with van der Waals surface area (Å²) in [4.78, 5) is 23.5. The first-order chi connectivity index (χ1) is 13.9. The zero-order chi connectivity index (χ0) is 21.0. The molecule has 2 N–H and O–H groups in total. The van der Waals surface area contributed by atoms with E-state index >= 15 is 0 Å². The molecule has 144 valence electrons. The normalized spacial score (nSPS) is 11.0. The van der Waals surface area contributed by atoms with Crippen LogP contribution in [0.5, 0.6) is 0 Å². The van der Waals surface area contributed by atoms with E-state index in [-0.39, 0.29) is 21.9 Å². The van der Waals surface area contributed by atoms with Crippen molar-refractivity contribution in [1.29, 1.82) is 5.26 Å². The summed E-state index contributed by atoms with van der Waals surface area (Å²) >= 11 is 11.7. The molecule has 0 unspecified atom stereocenters. The maximum Gasteiger partial charge on any atom is 0.337 e. The highest BCUT2D eigenvalue weighted by atomic mass is 35.5. The topological polar surface area (TPSA) is 103 Å². The van der Waals surface area contributed by atoms with Crippen molar-refractivity contribution in [3.8, 4) is 17.4 Å². The number of hydrogen-bond donors (Lipinski definition) is 2. The Morgan fingerprint density at radius 3 is 2.45 bits per heavy atom. The fourth-order valence-corrected chi connectivity index (χ4v) is 2.77. The van der Waals surface area contributed by atoms with Gasteiger partial charge in [0.05, 0.1) is 10.6 Å². The Morgan fingerprint density at radius 1 is 1.07 bits per heavy atom. The highest BCUT2D eigenvalue weighted by Crippen LogP contribution is 2.27. The molecule has 3 rings (SSSR count). The Labute approximate surface area is 175 Å². The molecule has 1 heterocycles. The zero-order valence-electron chi connectivity index (χ0n) is 14.6. The van der Waals surface area contributed by atoms with Crippen molar-refractivity contribution in [2.75, 3.05) is 5.32 Å². The molecule has 0 fully saturated rings. The Balaban J connectivity index is 1.83. The fourth-order valence-electron chi connectivity index (χ4n) is 2.45. The number of carboxylic acids is 1. The molecule has 0 radical (unpaired) electrons. The Kier molecular flexibility index (Phi) is 6.03. The Bertz CT molecular complexity index is 1160. The van der Waals surface area contributed by atoms with Gasteiger partial charge in [-0.25, -0.2) is 4.79 Å². The molecule has 1 amide bonds. The molecule has 29 heavy (non-hydrogen) atoms. The number of halogens is 2. The van der Waals surface area contributed by atoms with Gasteiger partial charge in [-0.3, -0.25) is 4.79 Å². The van der Waals surface area contributed by atoms with E-state index in [4.69, 9.17) is 27.6 Å². The monoisotopic (exact) mass is 426 g/mol. The third-order valence-corrected chi connectivity index (χ3v) is 4.44. The van der Waals surface area contributed by atoms with E-state index in [0.29, 0.717) is 22.0 Å². The number of rotatable bonds is 5. The molecule has 2 aromatic carbocycles. The van der Waals surface area contributed by atoms with Crippen LogP contribution in [0.1, 0.15) is 16.1 Å². The van der Waals surface area contributed by atoms with Gasteiger partial charge in [0.1, 0.15) is 23.2 Å². The molecule has 0 bridgehead atoms. The van der Waals surface area contributed by atoms with Gasteiger partial charge in [0.2, 0.25) is 0 Å². The molecule has 1 aromatic heterocycles. The molecule has 0 aliphatic carbocycles. The first-order valence-corrected chi connectivity index (χ1v) is 8.95. The summed E-state index contributed by atoms with van der Waals surface area (Å²) < 4.78 is 5.63. The van der Waals surface area contributed by atoms with Gasteiger partial charge in [-0.2, -0.15) is 5.26 Å². The lowest BCUT2D eigenvalue weighted by molar-refractivity contribution is -0.112. The first kappa shape index (κ1) is 20.2. The summed E-state index contributed by atoms with van der Waals surface area (Å²) in [6.45, 7) is 0. The van der Waals surface area contributed by atoms with E-state index in [1.165, 1.54) is 18.2 Å². The molecule has 3 aromatic rings. The third kappa shape index (κ3) is 4.85. The minimum Gasteiger partial charge on any atom is -0.478 e. The molecule has 0 atom stereocenters. The van der Waals surface area contributed by atoms with E-state index in [2.05, 4.69) is 5.32 Å². The molecule has 0 aliphatic heterocycles. The summed E-state index contributed by atoms with van der Waals surface area (Å²) in [6.07, 6.45) is 1.29. The number of aromatic carboxylic acids is 1. The lowest BCUT2D eigenvalue weighted by Crippen LogP contribution is -2.13. The number of nitriles is 1. The molecular formula is C21H12Cl2N2O4. The van der Waals surface area contributed by atoms with Gasteiger partial charge in [-0.05, 0) is 54.6 Å². The summed E-state index contributed by atoms with van der Waals surface area (Å²) in [5, 5.41) is 21.7. The number of amides is 1. The number of nitrogens with one attached hydrogen (secondary N) is 1. The van der Waals surface area contributed by atoms with Gasteiger partial charge in [0.15, 0.2) is 0 Å². The van der Waals surface area contributed by atoms with Crippen molar-refractivity contribution in [2.24, 2.45) is 0 Å². The van der Waals surface area contributed by atoms with Gasteiger partial charge in [-0.1, -0.05) is 23.2 Å². The number of carboxylic acid groups (broad SMARTS) is 1. The smallest absolute Gasteiger partial charge is 0.337 e. The standard InChI is InChI=1S/C21H12Cl2N2O4/c22-14-2-4-15(5-3-14)25-20(26)13(11-24)9-16-6-8-19(29-16)12-1-7-18(23)17(10-12)21(27)28/h1-10H,(H,25,26)(H,27,28). The number of furan rings is 1. The summed E-state index contributed by atoms with van der Waals surface area (Å²) in [7, 11) is 0. The number of carbonyl (C=O) groups is 2. The molecule has 0 spiro atoms. The van der Waals surface area contributed by atoms with Crippen molar-refractivity contribution >= 4 is 46.8 Å². The van der Waals surface area contributed by atoms with Crippen LogP contribution < -0.4 is 5.32 Å². The molecular weight excluding hydrogens is 415 g/mol. The van der Waals surface area contributed by atoms with Gasteiger partial charge in [-0.15, -0.1) is 0 Å². The summed E-state index contributed by atoms with van der Waals surface area (Å²) in [5.41, 5.74) is 0.763. The van der Waals surface area contributed by atoms with Crippen molar-refractivity contribution in [3.63, 3.8) is 0 Å². The number of nitrogens with zero attached hydrogens (tertiary/aromatic N) is 1. The van der Waals surface area contributed by atoms with Crippen LogP contribution in [0.15, 0.2) is 64.6 Å². The summed E-state index contributed by atoms with van der Waals surface area (Å²) in [5.74, 6) is -1.14. The second-order valence-corrected chi connectivity index (χ2v) is 6.68. The van der Waals surface area contributed by atoms with Gasteiger partial charge >= 0.3 is 5.97 Å². The Morgan fingerprint density at radius 2 is 1.79 bits per heavy atom. The number of carbonyl (C=O) groups excluding carboxylic acids is 1. The predicted octanol–water partition coefficient (Wildman–Crippen LogP) is 5.50. The van der Waals surface area contributed by atoms with Crippen LogP contribution in [0, 0.1) is 11.3 Å². The fraction of sp³-hybridized carbons (Fsp3) is 0. The average molecular weight is 427 g/mol. The Hall–Kier alpha value is -3.53. The maximum atomic E-state index is 12.3. The van der Waals surface area contributed by atoms with Crippen molar-refractivity contribution in [1.82, 2.24) is 0 Å². The minimum atomic E-state index is -1.16. The number of benzene rings is 2. The van der Waals surface area contributed by atoms with E-state index in [1.807, 2.05) is 6.07 Å². The van der Waals surface area contributed by atoms with Crippen LogP contribution in [0.25, 0.3) is 17.4 Å². The van der Waals surface area contributed by atoms with Gasteiger partial charge in [0.25, 0.3) is 5.91 Å².